The quantitative estimate of drug-likeness (QED) is 0.559. The van der Waals surface area contributed by atoms with Gasteiger partial charge < -0.3 is 15.4 Å². The number of hydrogen-bond acceptors (Lipinski definition) is 3. The van der Waals surface area contributed by atoms with Gasteiger partial charge in [-0.25, -0.2) is 0 Å². The highest BCUT2D eigenvalue weighted by atomic mass is 16.5. The Bertz CT molecular complexity index is 347. The van der Waals surface area contributed by atoms with E-state index in [4.69, 9.17) is 9.73 Å². The molecule has 130 valence electrons. The Morgan fingerprint density at radius 3 is 2.27 bits per heavy atom. The van der Waals surface area contributed by atoms with Gasteiger partial charge in [-0.05, 0) is 60.5 Å². The van der Waals surface area contributed by atoms with Crippen molar-refractivity contribution in [3.8, 4) is 0 Å². The van der Waals surface area contributed by atoms with Crippen molar-refractivity contribution in [1.82, 2.24) is 15.5 Å². The van der Waals surface area contributed by atoms with E-state index in [1.165, 1.54) is 32.4 Å². The van der Waals surface area contributed by atoms with Crippen LogP contribution in [0.5, 0.6) is 0 Å². The van der Waals surface area contributed by atoms with E-state index in [1.54, 1.807) is 7.11 Å². The van der Waals surface area contributed by atoms with E-state index in [2.05, 4.69) is 50.2 Å². The van der Waals surface area contributed by atoms with E-state index in [0.717, 1.165) is 25.6 Å². The number of nitrogens with zero attached hydrogens (tertiary/aromatic N) is 2. The number of rotatable bonds is 7. The van der Waals surface area contributed by atoms with Crippen LogP contribution in [-0.2, 0) is 4.74 Å². The molecule has 0 aromatic rings. The SMILES string of the molecule is CCNC(=NCC(C)(C)N1CCCCC1)NCC(C)(C)OC. The zero-order chi connectivity index (χ0) is 16.6. The van der Waals surface area contributed by atoms with Gasteiger partial charge in [0.15, 0.2) is 5.96 Å². The van der Waals surface area contributed by atoms with Gasteiger partial charge in [-0.3, -0.25) is 9.89 Å². The second kappa shape index (κ2) is 8.73. The number of piperidine rings is 1. The zero-order valence-electron chi connectivity index (χ0n) is 15.5. The molecule has 1 heterocycles. The van der Waals surface area contributed by atoms with Crippen LogP contribution in [0.4, 0.5) is 0 Å². The molecular formula is C17H36N4O. The Morgan fingerprint density at radius 2 is 1.73 bits per heavy atom. The molecule has 1 aliphatic rings. The highest BCUT2D eigenvalue weighted by Crippen LogP contribution is 2.20. The molecule has 0 radical (unpaired) electrons. The first-order chi connectivity index (χ1) is 10.3. The molecule has 0 spiro atoms. The Morgan fingerprint density at radius 1 is 1.09 bits per heavy atom. The van der Waals surface area contributed by atoms with Gasteiger partial charge in [-0.15, -0.1) is 0 Å². The topological polar surface area (TPSA) is 48.9 Å². The summed E-state index contributed by atoms with van der Waals surface area (Å²) in [5.74, 6) is 0.873. The van der Waals surface area contributed by atoms with E-state index >= 15 is 0 Å². The summed E-state index contributed by atoms with van der Waals surface area (Å²) in [6.45, 7) is 15.6. The summed E-state index contributed by atoms with van der Waals surface area (Å²) in [5.41, 5.74) is -0.0852. The molecule has 2 N–H and O–H groups in total. The van der Waals surface area contributed by atoms with Crippen molar-refractivity contribution in [3.63, 3.8) is 0 Å². The molecule has 22 heavy (non-hydrogen) atoms. The molecule has 5 nitrogen and oxygen atoms in total. The second-order valence-electron chi connectivity index (χ2n) is 7.37. The van der Waals surface area contributed by atoms with Crippen LogP contribution in [0.1, 0.15) is 53.9 Å². The molecule has 5 heteroatoms. The smallest absolute Gasteiger partial charge is 0.191 e. The summed E-state index contributed by atoms with van der Waals surface area (Å²) in [6, 6.07) is 0. The summed E-state index contributed by atoms with van der Waals surface area (Å²) in [6.07, 6.45) is 3.99. The lowest BCUT2D eigenvalue weighted by atomic mass is 9.99. The largest absolute Gasteiger partial charge is 0.377 e. The second-order valence-corrected chi connectivity index (χ2v) is 7.37. The minimum absolute atomic E-state index is 0.111. The number of hydrogen-bond donors (Lipinski definition) is 2. The van der Waals surface area contributed by atoms with Gasteiger partial charge in [0.1, 0.15) is 0 Å². The molecule has 0 amide bonds. The third-order valence-electron chi connectivity index (χ3n) is 4.41. The molecule has 1 fully saturated rings. The first-order valence-electron chi connectivity index (χ1n) is 8.63. The molecule has 0 unspecified atom stereocenters. The molecule has 0 atom stereocenters. The van der Waals surface area contributed by atoms with E-state index < -0.39 is 0 Å². The van der Waals surface area contributed by atoms with Gasteiger partial charge in [0.05, 0.1) is 12.1 Å². The Hall–Kier alpha value is -0.810. The van der Waals surface area contributed by atoms with Crippen LogP contribution in [0.15, 0.2) is 4.99 Å². The summed E-state index contributed by atoms with van der Waals surface area (Å²) < 4.78 is 5.45. The lowest BCUT2D eigenvalue weighted by Gasteiger charge is -2.40. The zero-order valence-corrected chi connectivity index (χ0v) is 15.5. The van der Waals surface area contributed by atoms with Crippen molar-refractivity contribution in [2.75, 3.05) is 39.8 Å². The highest BCUT2D eigenvalue weighted by Gasteiger charge is 2.27. The fourth-order valence-electron chi connectivity index (χ4n) is 2.58. The van der Waals surface area contributed by atoms with Gasteiger partial charge in [0.25, 0.3) is 0 Å². The highest BCUT2D eigenvalue weighted by molar-refractivity contribution is 5.79. The van der Waals surface area contributed by atoms with E-state index in [-0.39, 0.29) is 11.1 Å². The summed E-state index contributed by atoms with van der Waals surface area (Å²) in [4.78, 5) is 7.37. The third kappa shape index (κ3) is 6.53. The fraction of sp³-hybridized carbons (Fsp3) is 0.941. The van der Waals surface area contributed by atoms with Crippen molar-refractivity contribution in [1.29, 1.82) is 0 Å². The van der Waals surface area contributed by atoms with Crippen LogP contribution in [0.25, 0.3) is 0 Å². The third-order valence-corrected chi connectivity index (χ3v) is 4.41. The number of nitrogens with one attached hydrogen (secondary N) is 2. The van der Waals surface area contributed by atoms with Crippen LogP contribution in [0.2, 0.25) is 0 Å². The standard InChI is InChI=1S/C17H36N4O/c1-7-18-15(20-14-17(4,5)22-6)19-13-16(2,3)21-11-9-8-10-12-21/h7-14H2,1-6H3,(H2,18,19,20). The fourth-order valence-corrected chi connectivity index (χ4v) is 2.58. The first kappa shape index (κ1) is 19.2. The molecule has 1 saturated heterocycles. The van der Waals surface area contributed by atoms with Crippen LogP contribution < -0.4 is 10.6 Å². The van der Waals surface area contributed by atoms with Crippen molar-refractivity contribution < 1.29 is 4.74 Å². The van der Waals surface area contributed by atoms with E-state index in [9.17, 15) is 0 Å². The van der Waals surface area contributed by atoms with Crippen molar-refractivity contribution in [2.24, 2.45) is 4.99 Å². The summed E-state index contributed by atoms with van der Waals surface area (Å²) >= 11 is 0. The lowest BCUT2D eigenvalue weighted by molar-refractivity contribution is 0.0268. The maximum atomic E-state index is 5.45. The first-order valence-corrected chi connectivity index (χ1v) is 8.63. The molecule has 1 aliphatic heterocycles. The van der Waals surface area contributed by atoms with Gasteiger partial charge in [-0.2, -0.15) is 0 Å². The number of aliphatic imine (C=N–C) groups is 1. The average molecular weight is 313 g/mol. The van der Waals surface area contributed by atoms with Gasteiger partial charge >= 0.3 is 0 Å². The maximum absolute atomic E-state index is 5.45. The maximum Gasteiger partial charge on any atom is 0.191 e. The molecule has 0 aromatic carbocycles. The van der Waals surface area contributed by atoms with Crippen molar-refractivity contribution in [3.05, 3.63) is 0 Å². The number of ether oxygens (including phenoxy) is 1. The van der Waals surface area contributed by atoms with Gasteiger partial charge in [0.2, 0.25) is 0 Å². The molecule has 0 bridgehead atoms. The average Bonchev–Trinajstić information content (AvgIpc) is 2.51. The number of guanidine groups is 1. The van der Waals surface area contributed by atoms with E-state index in [1.807, 2.05) is 0 Å². The van der Waals surface area contributed by atoms with Crippen molar-refractivity contribution in [2.45, 2.75) is 65.0 Å². The number of likely N-dealkylation sites (tertiary alicyclic amines) is 1. The Kier molecular flexibility index (Phi) is 7.63. The summed E-state index contributed by atoms with van der Waals surface area (Å²) in [5, 5.41) is 6.70. The minimum Gasteiger partial charge on any atom is -0.377 e. The predicted octanol–water partition coefficient (Wildman–Crippen LogP) is 2.23. The molecule has 0 aromatic heterocycles. The monoisotopic (exact) mass is 312 g/mol. The molecule has 0 saturated carbocycles. The molecular weight excluding hydrogens is 276 g/mol. The summed E-state index contributed by atoms with van der Waals surface area (Å²) in [7, 11) is 1.74. The molecule has 1 rings (SSSR count). The Labute approximate surface area is 136 Å². The minimum atomic E-state index is -0.196. The van der Waals surface area contributed by atoms with Crippen molar-refractivity contribution >= 4 is 5.96 Å². The Balaban J connectivity index is 2.59. The van der Waals surface area contributed by atoms with Gasteiger partial charge in [0, 0.05) is 25.7 Å². The van der Waals surface area contributed by atoms with Crippen LogP contribution in [0, 0.1) is 0 Å². The normalized spacial score (nSPS) is 18.4. The van der Waals surface area contributed by atoms with E-state index in [0.29, 0.717) is 0 Å². The molecule has 0 aliphatic carbocycles. The number of methoxy groups -OCH3 is 1. The van der Waals surface area contributed by atoms with Crippen LogP contribution in [0.3, 0.4) is 0 Å². The van der Waals surface area contributed by atoms with Gasteiger partial charge in [-0.1, -0.05) is 6.42 Å². The predicted molar refractivity (Wildman–Crippen MR) is 94.6 cm³/mol. The van der Waals surface area contributed by atoms with Crippen LogP contribution >= 0.6 is 0 Å². The lowest BCUT2D eigenvalue weighted by Crippen LogP contribution is -2.50. The van der Waals surface area contributed by atoms with Crippen LogP contribution in [-0.4, -0.2) is 61.8 Å².